The fourth-order valence-electron chi connectivity index (χ4n) is 2.02. The van der Waals surface area contributed by atoms with E-state index in [9.17, 15) is 4.79 Å². The van der Waals surface area contributed by atoms with E-state index in [1.165, 1.54) is 10.9 Å². The third-order valence-electron chi connectivity index (χ3n) is 2.96. The molecule has 0 unspecified atom stereocenters. The Kier molecular flexibility index (Phi) is 4.07. The number of hydrogen-bond acceptors (Lipinski definition) is 2. The molecule has 4 heteroatoms. The summed E-state index contributed by atoms with van der Waals surface area (Å²) in [4.78, 5) is 14.6. The maximum absolute atomic E-state index is 11.4. The molecule has 0 spiro atoms. The predicted octanol–water partition coefficient (Wildman–Crippen LogP) is 3.73. The molecule has 0 saturated carbocycles. The molecule has 0 saturated heterocycles. The van der Waals surface area contributed by atoms with Crippen molar-refractivity contribution in [2.75, 3.05) is 6.61 Å². The van der Waals surface area contributed by atoms with Crippen LogP contribution in [-0.4, -0.2) is 17.6 Å². The summed E-state index contributed by atoms with van der Waals surface area (Å²) in [6.45, 7) is 4.32. The van der Waals surface area contributed by atoms with E-state index >= 15 is 0 Å². The molecule has 1 N–H and O–H groups in total. The van der Waals surface area contributed by atoms with Gasteiger partial charge in [-0.3, -0.25) is 4.79 Å². The molecule has 0 aliphatic rings. The molecular formula is C14H16BrNO2. The van der Waals surface area contributed by atoms with Crippen molar-refractivity contribution in [3.63, 3.8) is 0 Å². The highest BCUT2D eigenvalue weighted by Crippen LogP contribution is 2.30. The van der Waals surface area contributed by atoms with Crippen LogP contribution in [0, 0.1) is 6.92 Å². The van der Waals surface area contributed by atoms with Crippen LogP contribution in [0.1, 0.15) is 24.5 Å². The van der Waals surface area contributed by atoms with Crippen LogP contribution in [0.5, 0.6) is 0 Å². The zero-order chi connectivity index (χ0) is 13.1. The lowest BCUT2D eigenvalue weighted by Crippen LogP contribution is -2.04. The Balaban J connectivity index is 2.24. The summed E-state index contributed by atoms with van der Waals surface area (Å²) < 4.78 is 6.04. The van der Waals surface area contributed by atoms with Gasteiger partial charge in [-0.05, 0) is 53.4 Å². The standard InChI is InChI=1S/C14H16BrNO2/c1-3-18-12(17)7-5-10-8-16-11-6-4-9(2)14(15)13(10)11/h4,6,8,16H,3,5,7H2,1-2H3. The topological polar surface area (TPSA) is 42.1 Å². The zero-order valence-electron chi connectivity index (χ0n) is 10.5. The Morgan fingerprint density at radius 2 is 2.22 bits per heavy atom. The average Bonchev–Trinajstić information content (AvgIpc) is 2.75. The third-order valence-corrected chi connectivity index (χ3v) is 3.98. The van der Waals surface area contributed by atoms with Crippen LogP contribution in [0.4, 0.5) is 0 Å². The normalized spacial score (nSPS) is 10.8. The van der Waals surface area contributed by atoms with E-state index in [-0.39, 0.29) is 5.97 Å². The molecule has 0 aliphatic heterocycles. The lowest BCUT2D eigenvalue weighted by atomic mass is 10.1. The first-order valence-corrected chi connectivity index (χ1v) is 6.83. The fraction of sp³-hybridized carbons (Fsp3) is 0.357. The highest BCUT2D eigenvalue weighted by Gasteiger charge is 2.11. The smallest absolute Gasteiger partial charge is 0.306 e. The van der Waals surface area contributed by atoms with Crippen LogP contribution in [-0.2, 0) is 16.0 Å². The number of aromatic amines is 1. The first kappa shape index (κ1) is 13.1. The zero-order valence-corrected chi connectivity index (χ0v) is 12.1. The number of rotatable bonds is 4. The van der Waals surface area contributed by atoms with Crippen LogP contribution in [0.25, 0.3) is 10.9 Å². The maximum atomic E-state index is 11.4. The number of hydrogen-bond donors (Lipinski definition) is 1. The van der Waals surface area contributed by atoms with Crippen LogP contribution in [0.2, 0.25) is 0 Å². The van der Waals surface area contributed by atoms with Gasteiger partial charge in [0.2, 0.25) is 0 Å². The van der Waals surface area contributed by atoms with E-state index in [0.29, 0.717) is 19.4 Å². The maximum Gasteiger partial charge on any atom is 0.306 e. The summed E-state index contributed by atoms with van der Waals surface area (Å²) in [5, 5.41) is 1.17. The van der Waals surface area contributed by atoms with E-state index < -0.39 is 0 Å². The number of halogens is 1. The van der Waals surface area contributed by atoms with Crippen LogP contribution >= 0.6 is 15.9 Å². The van der Waals surface area contributed by atoms with Gasteiger partial charge < -0.3 is 9.72 Å². The first-order chi connectivity index (χ1) is 8.63. The summed E-state index contributed by atoms with van der Waals surface area (Å²) in [6.07, 6.45) is 3.08. The minimum Gasteiger partial charge on any atom is -0.466 e. The second-order valence-corrected chi connectivity index (χ2v) is 5.03. The second kappa shape index (κ2) is 5.57. The molecule has 0 atom stereocenters. The number of carbonyl (C=O) groups is 1. The van der Waals surface area contributed by atoms with E-state index in [1.54, 1.807) is 0 Å². The molecule has 96 valence electrons. The monoisotopic (exact) mass is 309 g/mol. The number of ether oxygens (including phenoxy) is 1. The van der Waals surface area contributed by atoms with Gasteiger partial charge in [-0.2, -0.15) is 0 Å². The van der Waals surface area contributed by atoms with Crippen molar-refractivity contribution in [3.05, 3.63) is 33.9 Å². The Morgan fingerprint density at radius 3 is 2.94 bits per heavy atom. The summed E-state index contributed by atoms with van der Waals surface area (Å²) in [7, 11) is 0. The van der Waals surface area contributed by atoms with Gasteiger partial charge in [0, 0.05) is 28.0 Å². The van der Waals surface area contributed by atoms with Crippen molar-refractivity contribution in [1.82, 2.24) is 4.98 Å². The highest BCUT2D eigenvalue weighted by molar-refractivity contribution is 9.10. The van der Waals surface area contributed by atoms with Gasteiger partial charge in [-0.1, -0.05) is 6.07 Å². The molecule has 2 rings (SSSR count). The van der Waals surface area contributed by atoms with E-state index in [1.807, 2.05) is 13.1 Å². The lowest BCUT2D eigenvalue weighted by molar-refractivity contribution is -0.143. The van der Waals surface area contributed by atoms with E-state index in [2.05, 4.69) is 40.0 Å². The minimum atomic E-state index is -0.143. The van der Waals surface area contributed by atoms with E-state index in [4.69, 9.17) is 4.74 Å². The lowest BCUT2D eigenvalue weighted by Gasteiger charge is -2.04. The molecule has 0 aliphatic carbocycles. The summed E-state index contributed by atoms with van der Waals surface area (Å²) in [5.41, 5.74) is 3.43. The third kappa shape index (κ3) is 2.58. The number of aryl methyl sites for hydroxylation is 2. The summed E-state index contributed by atoms with van der Waals surface area (Å²) >= 11 is 3.61. The quantitative estimate of drug-likeness (QED) is 0.874. The fourth-order valence-corrected chi connectivity index (χ4v) is 2.62. The summed E-state index contributed by atoms with van der Waals surface area (Å²) in [6, 6.07) is 4.13. The van der Waals surface area contributed by atoms with Gasteiger partial charge >= 0.3 is 5.97 Å². The van der Waals surface area contributed by atoms with E-state index in [0.717, 1.165) is 15.6 Å². The predicted molar refractivity (Wildman–Crippen MR) is 75.7 cm³/mol. The molecule has 1 aromatic heterocycles. The first-order valence-electron chi connectivity index (χ1n) is 6.04. The van der Waals surface area contributed by atoms with Crippen molar-refractivity contribution in [2.45, 2.75) is 26.7 Å². The molecule has 0 fully saturated rings. The molecular weight excluding hydrogens is 294 g/mol. The number of aromatic nitrogens is 1. The largest absolute Gasteiger partial charge is 0.466 e. The van der Waals surface area contributed by atoms with Crippen LogP contribution < -0.4 is 0 Å². The Hall–Kier alpha value is -1.29. The van der Waals surface area contributed by atoms with Gasteiger partial charge in [0.05, 0.1) is 6.61 Å². The molecule has 1 aromatic carbocycles. The molecule has 0 radical (unpaired) electrons. The SMILES string of the molecule is CCOC(=O)CCc1c[nH]c2ccc(C)c(Br)c12. The van der Waals surface area contributed by atoms with Crippen LogP contribution in [0.15, 0.2) is 22.8 Å². The molecule has 3 nitrogen and oxygen atoms in total. The number of nitrogens with one attached hydrogen (secondary N) is 1. The molecule has 2 aromatic rings. The Bertz CT molecular complexity index is 574. The van der Waals surface area contributed by atoms with Crippen molar-refractivity contribution >= 4 is 32.8 Å². The minimum absolute atomic E-state index is 0.143. The van der Waals surface area contributed by atoms with Crippen molar-refractivity contribution in [2.24, 2.45) is 0 Å². The second-order valence-electron chi connectivity index (χ2n) is 4.24. The van der Waals surface area contributed by atoms with Gasteiger partial charge in [0.25, 0.3) is 0 Å². The Labute approximate surface area is 115 Å². The van der Waals surface area contributed by atoms with Gasteiger partial charge in [0.1, 0.15) is 0 Å². The number of benzene rings is 1. The van der Waals surface area contributed by atoms with Gasteiger partial charge in [0.15, 0.2) is 0 Å². The highest BCUT2D eigenvalue weighted by atomic mass is 79.9. The molecule has 18 heavy (non-hydrogen) atoms. The Morgan fingerprint density at radius 1 is 1.44 bits per heavy atom. The summed E-state index contributed by atoms with van der Waals surface area (Å²) in [5.74, 6) is -0.143. The van der Waals surface area contributed by atoms with Gasteiger partial charge in [-0.15, -0.1) is 0 Å². The number of carbonyl (C=O) groups excluding carboxylic acids is 1. The van der Waals surface area contributed by atoms with Crippen molar-refractivity contribution in [1.29, 1.82) is 0 Å². The number of esters is 1. The van der Waals surface area contributed by atoms with Crippen molar-refractivity contribution in [3.8, 4) is 0 Å². The van der Waals surface area contributed by atoms with Crippen LogP contribution in [0.3, 0.4) is 0 Å². The average molecular weight is 310 g/mol. The van der Waals surface area contributed by atoms with Crippen molar-refractivity contribution < 1.29 is 9.53 Å². The molecule has 1 heterocycles. The number of fused-ring (bicyclic) bond motifs is 1. The molecule has 0 bridgehead atoms. The number of H-pyrrole nitrogens is 1. The molecule has 0 amide bonds. The van der Waals surface area contributed by atoms with Gasteiger partial charge in [-0.25, -0.2) is 0 Å².